The Balaban J connectivity index is 2.16. The van der Waals surface area contributed by atoms with Gasteiger partial charge in [-0.1, -0.05) is 36.4 Å². The summed E-state index contributed by atoms with van der Waals surface area (Å²) >= 11 is 0. The summed E-state index contributed by atoms with van der Waals surface area (Å²) in [7, 11) is 0. The van der Waals surface area contributed by atoms with E-state index >= 15 is 0 Å². The smallest absolute Gasteiger partial charge is 0.174 e. The summed E-state index contributed by atoms with van der Waals surface area (Å²) in [6, 6.07) is 16.3. The zero-order valence-corrected chi connectivity index (χ0v) is 7.88. The number of nitrogens with zero attached hydrogens (tertiary/aromatic N) is 1. The van der Waals surface area contributed by atoms with Crippen LogP contribution in [0.1, 0.15) is 5.56 Å². The molecule has 0 saturated carbocycles. The molecule has 2 aromatic rings. The summed E-state index contributed by atoms with van der Waals surface area (Å²) in [4.78, 5) is 0. The summed E-state index contributed by atoms with van der Waals surface area (Å²) < 4.78 is 2.02. The molecule has 1 aromatic carbocycles. The Morgan fingerprint density at radius 3 is 2.14 bits per heavy atom. The number of aromatic nitrogens is 1. The number of hydrogen-bond acceptors (Lipinski definition) is 0. The highest BCUT2D eigenvalue weighted by atomic mass is 14.9. The minimum atomic E-state index is 1.21. The lowest BCUT2D eigenvalue weighted by molar-refractivity contribution is -0.567. The monoisotopic (exact) mass is 182 g/mol. The Hall–Kier alpha value is -1.89. The Labute approximate surface area is 84.0 Å². The van der Waals surface area contributed by atoms with Crippen LogP contribution in [0.15, 0.2) is 60.9 Å². The molecule has 0 unspecified atom stereocenters. The van der Waals surface area contributed by atoms with E-state index in [-0.39, 0.29) is 0 Å². The fourth-order valence-corrected chi connectivity index (χ4v) is 1.25. The third-order valence-corrected chi connectivity index (χ3v) is 1.98. The molecule has 2 rings (SSSR count). The van der Waals surface area contributed by atoms with Crippen LogP contribution in [0.2, 0.25) is 0 Å². The molecule has 0 radical (unpaired) electrons. The zero-order valence-electron chi connectivity index (χ0n) is 7.88. The third kappa shape index (κ3) is 2.30. The van der Waals surface area contributed by atoms with Crippen molar-refractivity contribution in [2.24, 2.45) is 0 Å². The summed E-state index contributed by atoms with van der Waals surface area (Å²) in [6.07, 6.45) is 8.15. The fraction of sp³-hybridized carbons (Fsp3) is 0. The van der Waals surface area contributed by atoms with Crippen LogP contribution in [0.25, 0.3) is 12.3 Å². The van der Waals surface area contributed by atoms with Crippen LogP contribution in [-0.2, 0) is 0 Å². The van der Waals surface area contributed by atoms with E-state index in [1.54, 1.807) is 0 Å². The van der Waals surface area contributed by atoms with Gasteiger partial charge in [-0.2, -0.15) is 4.57 Å². The standard InChI is InChI=1S/C13H12N/c1-3-7-13(8-4-1)9-12-14-10-5-2-6-11-14/h1-12H/q+1/b12-9-. The average molecular weight is 182 g/mol. The Morgan fingerprint density at radius 2 is 1.43 bits per heavy atom. The van der Waals surface area contributed by atoms with E-state index in [0.29, 0.717) is 0 Å². The van der Waals surface area contributed by atoms with Gasteiger partial charge in [-0.15, -0.1) is 0 Å². The lowest BCUT2D eigenvalue weighted by Gasteiger charge is -1.88. The molecule has 0 amide bonds. The predicted molar refractivity (Wildman–Crippen MR) is 58.3 cm³/mol. The van der Waals surface area contributed by atoms with Crippen LogP contribution < -0.4 is 4.57 Å². The van der Waals surface area contributed by atoms with Gasteiger partial charge in [0, 0.05) is 18.2 Å². The second kappa shape index (κ2) is 4.38. The van der Waals surface area contributed by atoms with Crippen molar-refractivity contribution in [3.05, 3.63) is 66.5 Å². The molecule has 68 valence electrons. The van der Waals surface area contributed by atoms with E-state index in [4.69, 9.17) is 0 Å². The first-order valence-electron chi connectivity index (χ1n) is 4.64. The van der Waals surface area contributed by atoms with Crippen molar-refractivity contribution in [3.8, 4) is 0 Å². The fourth-order valence-electron chi connectivity index (χ4n) is 1.25. The minimum absolute atomic E-state index is 1.21. The SMILES string of the molecule is C(=C/[n+]1ccccc1)/c1ccccc1. The molecule has 0 aliphatic carbocycles. The first kappa shape index (κ1) is 8.70. The Kier molecular flexibility index (Phi) is 2.72. The minimum Gasteiger partial charge on any atom is -0.174 e. The van der Waals surface area contributed by atoms with Gasteiger partial charge >= 0.3 is 0 Å². The topological polar surface area (TPSA) is 3.88 Å². The maximum atomic E-state index is 2.08. The molecule has 0 N–H and O–H groups in total. The molecule has 0 spiro atoms. The summed E-state index contributed by atoms with van der Waals surface area (Å²) in [5, 5.41) is 0. The molecular formula is C13H12N+. The number of rotatable bonds is 2. The number of hydrogen-bond donors (Lipinski definition) is 0. The van der Waals surface area contributed by atoms with Crippen molar-refractivity contribution in [1.82, 2.24) is 0 Å². The van der Waals surface area contributed by atoms with Gasteiger partial charge in [0.15, 0.2) is 18.6 Å². The Morgan fingerprint density at radius 1 is 0.786 bits per heavy atom. The van der Waals surface area contributed by atoms with Crippen molar-refractivity contribution >= 4 is 12.3 Å². The quantitative estimate of drug-likeness (QED) is 0.628. The molecule has 0 aliphatic rings. The van der Waals surface area contributed by atoms with Crippen LogP contribution in [0, 0.1) is 0 Å². The van der Waals surface area contributed by atoms with Gasteiger partial charge in [-0.25, -0.2) is 0 Å². The molecule has 0 bridgehead atoms. The van der Waals surface area contributed by atoms with Crippen molar-refractivity contribution < 1.29 is 4.57 Å². The molecule has 0 fully saturated rings. The van der Waals surface area contributed by atoms with Crippen molar-refractivity contribution in [2.75, 3.05) is 0 Å². The maximum absolute atomic E-state index is 2.08. The third-order valence-electron chi connectivity index (χ3n) is 1.98. The lowest BCUT2D eigenvalue weighted by Crippen LogP contribution is -2.23. The van der Waals surface area contributed by atoms with Gasteiger partial charge in [-0.05, 0) is 5.56 Å². The molecule has 1 nitrogen and oxygen atoms in total. The van der Waals surface area contributed by atoms with E-state index in [9.17, 15) is 0 Å². The molecule has 0 atom stereocenters. The second-order valence-corrected chi connectivity index (χ2v) is 3.05. The predicted octanol–water partition coefficient (Wildman–Crippen LogP) is 2.60. The highest BCUT2D eigenvalue weighted by Crippen LogP contribution is 1.99. The van der Waals surface area contributed by atoms with Crippen LogP contribution in [0.3, 0.4) is 0 Å². The molecule has 1 heterocycles. The summed E-state index contributed by atoms with van der Waals surface area (Å²) in [6.45, 7) is 0. The van der Waals surface area contributed by atoms with Gasteiger partial charge in [-0.3, -0.25) is 0 Å². The van der Waals surface area contributed by atoms with Gasteiger partial charge in [0.1, 0.15) is 0 Å². The van der Waals surface area contributed by atoms with Gasteiger partial charge in [0.25, 0.3) is 0 Å². The molecule has 0 saturated heterocycles. The summed E-state index contributed by atoms with van der Waals surface area (Å²) in [5.41, 5.74) is 1.21. The van der Waals surface area contributed by atoms with Crippen molar-refractivity contribution in [3.63, 3.8) is 0 Å². The summed E-state index contributed by atoms with van der Waals surface area (Å²) in [5.74, 6) is 0. The van der Waals surface area contributed by atoms with Gasteiger partial charge in [0.05, 0.1) is 0 Å². The van der Waals surface area contributed by atoms with Crippen molar-refractivity contribution in [2.45, 2.75) is 0 Å². The van der Waals surface area contributed by atoms with Crippen LogP contribution in [0.4, 0.5) is 0 Å². The van der Waals surface area contributed by atoms with Crippen LogP contribution in [0.5, 0.6) is 0 Å². The Bertz CT molecular complexity index is 362. The molecule has 0 aliphatic heterocycles. The largest absolute Gasteiger partial charge is 0.175 e. The van der Waals surface area contributed by atoms with E-state index in [0.717, 1.165) is 0 Å². The second-order valence-electron chi connectivity index (χ2n) is 3.05. The number of benzene rings is 1. The van der Waals surface area contributed by atoms with E-state index in [2.05, 4.69) is 18.2 Å². The number of pyridine rings is 1. The highest BCUT2D eigenvalue weighted by molar-refractivity contribution is 5.56. The zero-order chi connectivity index (χ0) is 9.64. The van der Waals surface area contributed by atoms with Crippen molar-refractivity contribution in [1.29, 1.82) is 0 Å². The van der Waals surface area contributed by atoms with Gasteiger partial charge in [0.2, 0.25) is 0 Å². The molecule has 1 heteroatoms. The first-order chi connectivity index (χ1) is 6.95. The first-order valence-corrected chi connectivity index (χ1v) is 4.64. The van der Waals surface area contributed by atoms with E-state index in [1.807, 2.05) is 59.6 Å². The highest BCUT2D eigenvalue weighted by Gasteiger charge is 1.89. The molecular weight excluding hydrogens is 170 g/mol. The normalized spacial score (nSPS) is 10.6. The lowest BCUT2D eigenvalue weighted by atomic mass is 10.2. The van der Waals surface area contributed by atoms with Crippen LogP contribution in [-0.4, -0.2) is 0 Å². The van der Waals surface area contributed by atoms with Gasteiger partial charge < -0.3 is 0 Å². The molecule has 14 heavy (non-hydrogen) atoms. The maximum Gasteiger partial charge on any atom is 0.175 e. The van der Waals surface area contributed by atoms with E-state index in [1.165, 1.54) is 5.56 Å². The molecule has 1 aromatic heterocycles. The van der Waals surface area contributed by atoms with Crippen LogP contribution >= 0.6 is 0 Å². The average Bonchev–Trinajstić information content (AvgIpc) is 2.29. The van der Waals surface area contributed by atoms with E-state index < -0.39 is 0 Å².